The molecule has 3 heteroatoms. The fourth-order valence-electron chi connectivity index (χ4n) is 3.24. The summed E-state index contributed by atoms with van der Waals surface area (Å²) in [4.78, 5) is 13.2. The molecule has 0 bridgehead atoms. The molecular weight excluding hydrogens is 260 g/mol. The number of carbonyl (C=O) groups is 1. The molecule has 1 saturated heterocycles. The van der Waals surface area contributed by atoms with E-state index in [9.17, 15) is 4.79 Å². The van der Waals surface area contributed by atoms with Gasteiger partial charge < -0.3 is 10.1 Å². The third-order valence-electron chi connectivity index (χ3n) is 4.64. The van der Waals surface area contributed by atoms with Crippen molar-refractivity contribution in [3.05, 3.63) is 0 Å². The predicted molar refractivity (Wildman–Crippen MR) is 90.8 cm³/mol. The van der Waals surface area contributed by atoms with E-state index in [1.54, 1.807) is 0 Å². The minimum atomic E-state index is 0.440. The molecule has 0 aromatic carbocycles. The molecule has 124 valence electrons. The van der Waals surface area contributed by atoms with Crippen LogP contribution in [0, 0.1) is 0 Å². The Balaban J connectivity index is 1.92. The molecule has 1 aliphatic heterocycles. The van der Waals surface area contributed by atoms with Crippen molar-refractivity contribution in [3.8, 4) is 0 Å². The average molecular weight is 296 g/mol. The number of nitrogens with one attached hydrogen (secondary N) is 1. The Morgan fingerprint density at radius 1 is 1.00 bits per heavy atom. The van der Waals surface area contributed by atoms with E-state index in [-0.39, 0.29) is 0 Å². The van der Waals surface area contributed by atoms with Crippen LogP contribution in [-0.4, -0.2) is 43.4 Å². The van der Waals surface area contributed by atoms with Crippen LogP contribution in [0.15, 0.2) is 0 Å². The Bertz CT molecular complexity index is 245. The molecule has 21 heavy (non-hydrogen) atoms. The maximum absolute atomic E-state index is 10.7. The minimum Gasteiger partial charge on any atom is -0.314 e. The molecule has 0 aromatic heterocycles. The Labute approximate surface area is 131 Å². The molecule has 0 spiro atoms. The van der Waals surface area contributed by atoms with Gasteiger partial charge in [-0.3, -0.25) is 4.90 Å². The molecule has 1 N–H and O–H groups in total. The van der Waals surface area contributed by atoms with Gasteiger partial charge in [0.05, 0.1) is 0 Å². The molecule has 1 aliphatic rings. The summed E-state index contributed by atoms with van der Waals surface area (Å²) >= 11 is 0. The molecule has 0 radical (unpaired) electrons. The van der Waals surface area contributed by atoms with Crippen molar-refractivity contribution in [2.24, 2.45) is 0 Å². The Morgan fingerprint density at radius 3 is 2.24 bits per heavy atom. The van der Waals surface area contributed by atoms with Crippen LogP contribution >= 0.6 is 0 Å². The Morgan fingerprint density at radius 2 is 1.62 bits per heavy atom. The first-order valence-corrected chi connectivity index (χ1v) is 9.27. The first kappa shape index (κ1) is 18.6. The van der Waals surface area contributed by atoms with Crippen molar-refractivity contribution in [3.63, 3.8) is 0 Å². The molecule has 1 rings (SSSR count). The average Bonchev–Trinajstić information content (AvgIpc) is 2.51. The molecule has 1 fully saturated rings. The van der Waals surface area contributed by atoms with E-state index in [1.807, 2.05) is 0 Å². The predicted octanol–water partition coefficient (Wildman–Crippen LogP) is 3.77. The van der Waals surface area contributed by atoms with Crippen molar-refractivity contribution < 1.29 is 4.79 Å². The van der Waals surface area contributed by atoms with Gasteiger partial charge in [0.15, 0.2) is 0 Å². The highest BCUT2D eigenvalue weighted by Crippen LogP contribution is 2.12. The molecule has 3 nitrogen and oxygen atoms in total. The number of piperazine rings is 1. The zero-order valence-electron chi connectivity index (χ0n) is 14.1. The number of aldehydes is 1. The van der Waals surface area contributed by atoms with E-state index in [4.69, 9.17) is 0 Å². The zero-order chi connectivity index (χ0) is 15.2. The van der Waals surface area contributed by atoms with Crippen molar-refractivity contribution >= 4 is 6.29 Å². The lowest BCUT2D eigenvalue weighted by molar-refractivity contribution is -0.109. The summed E-state index contributed by atoms with van der Waals surface area (Å²) in [6.45, 7) is 6.62. The SMILES string of the molecule is CCCCCCCCCCCCN1CCNCC1CC=O. The van der Waals surface area contributed by atoms with Crippen LogP contribution in [0.25, 0.3) is 0 Å². The van der Waals surface area contributed by atoms with E-state index in [0.29, 0.717) is 12.5 Å². The maximum Gasteiger partial charge on any atom is 0.121 e. The second-order valence-corrected chi connectivity index (χ2v) is 6.48. The molecule has 0 saturated carbocycles. The van der Waals surface area contributed by atoms with Crippen molar-refractivity contribution in [2.75, 3.05) is 26.2 Å². The van der Waals surface area contributed by atoms with Crippen LogP contribution in [0.5, 0.6) is 0 Å². The quantitative estimate of drug-likeness (QED) is 0.415. The van der Waals surface area contributed by atoms with E-state index in [1.165, 1.54) is 70.8 Å². The van der Waals surface area contributed by atoms with Crippen molar-refractivity contribution in [1.29, 1.82) is 0 Å². The number of carbonyl (C=O) groups excluding carboxylic acids is 1. The number of rotatable bonds is 13. The van der Waals surface area contributed by atoms with Crippen LogP contribution in [0.2, 0.25) is 0 Å². The number of hydrogen-bond acceptors (Lipinski definition) is 3. The molecule has 0 aromatic rings. The van der Waals surface area contributed by atoms with E-state index in [0.717, 1.165) is 25.9 Å². The van der Waals surface area contributed by atoms with Gasteiger partial charge in [-0.05, 0) is 13.0 Å². The third kappa shape index (κ3) is 9.26. The normalized spacial score (nSPS) is 19.8. The highest BCUT2D eigenvalue weighted by molar-refractivity contribution is 5.50. The lowest BCUT2D eigenvalue weighted by Crippen LogP contribution is -2.51. The smallest absolute Gasteiger partial charge is 0.121 e. The maximum atomic E-state index is 10.7. The summed E-state index contributed by atoms with van der Waals surface area (Å²) in [6.07, 6.45) is 15.7. The van der Waals surface area contributed by atoms with E-state index < -0.39 is 0 Å². The lowest BCUT2D eigenvalue weighted by atomic mass is 10.1. The highest BCUT2D eigenvalue weighted by Gasteiger charge is 2.20. The summed E-state index contributed by atoms with van der Waals surface area (Å²) in [5, 5.41) is 3.39. The van der Waals surface area contributed by atoms with E-state index >= 15 is 0 Å². The molecule has 1 unspecified atom stereocenters. The van der Waals surface area contributed by atoms with Crippen molar-refractivity contribution in [1.82, 2.24) is 10.2 Å². The summed E-state index contributed by atoms with van der Waals surface area (Å²) in [5.41, 5.74) is 0. The largest absolute Gasteiger partial charge is 0.314 e. The Hall–Kier alpha value is -0.410. The second-order valence-electron chi connectivity index (χ2n) is 6.48. The fourth-order valence-corrected chi connectivity index (χ4v) is 3.24. The standard InChI is InChI=1S/C18H36N2O/c1-2-3-4-5-6-7-8-9-10-11-14-20-15-13-19-17-18(20)12-16-21/h16,18-19H,2-15,17H2,1H3. The van der Waals surface area contributed by atoms with Gasteiger partial charge in [-0.15, -0.1) is 0 Å². The van der Waals surface area contributed by atoms with Gasteiger partial charge in [0.2, 0.25) is 0 Å². The van der Waals surface area contributed by atoms with Crippen LogP contribution in [0.3, 0.4) is 0 Å². The molecule has 1 atom stereocenters. The topological polar surface area (TPSA) is 32.3 Å². The number of nitrogens with zero attached hydrogens (tertiary/aromatic N) is 1. The van der Waals surface area contributed by atoms with Gasteiger partial charge in [0, 0.05) is 32.1 Å². The van der Waals surface area contributed by atoms with Gasteiger partial charge in [0.1, 0.15) is 6.29 Å². The summed E-state index contributed by atoms with van der Waals surface area (Å²) in [6, 6.07) is 0.440. The van der Waals surface area contributed by atoms with Crippen LogP contribution in [-0.2, 0) is 4.79 Å². The van der Waals surface area contributed by atoms with Crippen LogP contribution in [0.1, 0.15) is 77.6 Å². The van der Waals surface area contributed by atoms with Crippen LogP contribution < -0.4 is 5.32 Å². The monoisotopic (exact) mass is 296 g/mol. The van der Waals surface area contributed by atoms with Crippen LogP contribution in [0.4, 0.5) is 0 Å². The summed E-state index contributed by atoms with van der Waals surface area (Å²) < 4.78 is 0. The summed E-state index contributed by atoms with van der Waals surface area (Å²) in [7, 11) is 0. The minimum absolute atomic E-state index is 0.440. The molecule has 0 aliphatic carbocycles. The van der Waals surface area contributed by atoms with Gasteiger partial charge in [-0.25, -0.2) is 0 Å². The van der Waals surface area contributed by atoms with Gasteiger partial charge >= 0.3 is 0 Å². The Kier molecular flexibility index (Phi) is 11.8. The summed E-state index contributed by atoms with van der Waals surface area (Å²) in [5.74, 6) is 0. The van der Waals surface area contributed by atoms with Gasteiger partial charge in [-0.2, -0.15) is 0 Å². The number of unbranched alkanes of at least 4 members (excludes halogenated alkanes) is 9. The number of hydrogen-bond donors (Lipinski definition) is 1. The molecule has 0 amide bonds. The zero-order valence-corrected chi connectivity index (χ0v) is 14.1. The highest BCUT2D eigenvalue weighted by atomic mass is 16.1. The second kappa shape index (κ2) is 13.3. The molecular formula is C18H36N2O. The molecule has 1 heterocycles. The van der Waals surface area contributed by atoms with Crippen molar-refractivity contribution in [2.45, 2.75) is 83.6 Å². The fraction of sp³-hybridized carbons (Fsp3) is 0.944. The van der Waals surface area contributed by atoms with Gasteiger partial charge in [0.25, 0.3) is 0 Å². The van der Waals surface area contributed by atoms with E-state index in [2.05, 4.69) is 17.1 Å². The first-order chi connectivity index (χ1) is 10.4. The first-order valence-electron chi connectivity index (χ1n) is 9.27. The lowest BCUT2D eigenvalue weighted by Gasteiger charge is -2.35. The third-order valence-corrected chi connectivity index (χ3v) is 4.64. The van der Waals surface area contributed by atoms with Gasteiger partial charge in [-0.1, -0.05) is 64.7 Å².